The van der Waals surface area contributed by atoms with Crippen molar-refractivity contribution in [1.29, 1.82) is 0 Å². The molecule has 0 radical (unpaired) electrons. The Balaban J connectivity index is 1.80. The van der Waals surface area contributed by atoms with E-state index in [2.05, 4.69) is 24.1 Å². The second-order valence-electron chi connectivity index (χ2n) is 6.25. The molecule has 19 heavy (non-hydrogen) atoms. The monoisotopic (exact) mass is 268 g/mol. The first kappa shape index (κ1) is 17.0. The van der Waals surface area contributed by atoms with Gasteiger partial charge in [0.2, 0.25) is 0 Å². The van der Waals surface area contributed by atoms with E-state index in [9.17, 15) is 0 Å². The van der Waals surface area contributed by atoms with Crippen LogP contribution in [-0.4, -0.2) is 37.1 Å². The van der Waals surface area contributed by atoms with E-state index in [-0.39, 0.29) is 0 Å². The highest BCUT2D eigenvalue weighted by Gasteiger charge is 2.16. The van der Waals surface area contributed by atoms with Crippen molar-refractivity contribution in [1.82, 2.24) is 10.2 Å². The Bertz CT molecular complexity index is 194. The van der Waals surface area contributed by atoms with Gasteiger partial charge < -0.3 is 10.2 Å². The lowest BCUT2D eigenvalue weighted by Gasteiger charge is -2.33. The van der Waals surface area contributed by atoms with Crippen LogP contribution in [0, 0.1) is 0 Å². The summed E-state index contributed by atoms with van der Waals surface area (Å²) in [6.45, 7) is 9.73. The predicted octanol–water partition coefficient (Wildman–Crippen LogP) is 4.20. The molecule has 0 aliphatic carbocycles. The van der Waals surface area contributed by atoms with Gasteiger partial charge in [0.1, 0.15) is 0 Å². The van der Waals surface area contributed by atoms with Crippen LogP contribution in [0.5, 0.6) is 0 Å². The van der Waals surface area contributed by atoms with E-state index in [1.165, 1.54) is 90.4 Å². The number of hydrogen-bond donors (Lipinski definition) is 1. The molecule has 0 aromatic heterocycles. The smallest absolute Gasteiger partial charge is 0.00669 e. The largest absolute Gasteiger partial charge is 0.317 e. The van der Waals surface area contributed by atoms with Gasteiger partial charge in [0.15, 0.2) is 0 Å². The van der Waals surface area contributed by atoms with Gasteiger partial charge in [0, 0.05) is 6.04 Å². The highest BCUT2D eigenvalue weighted by molar-refractivity contribution is 4.72. The van der Waals surface area contributed by atoms with Crippen LogP contribution in [-0.2, 0) is 0 Å². The topological polar surface area (TPSA) is 15.3 Å². The molecule has 1 heterocycles. The van der Waals surface area contributed by atoms with Gasteiger partial charge in [-0.25, -0.2) is 0 Å². The maximum Gasteiger partial charge on any atom is 0.00669 e. The number of rotatable bonds is 11. The minimum absolute atomic E-state index is 0.826. The third-order valence-electron chi connectivity index (χ3n) is 4.45. The molecule has 0 spiro atoms. The molecular weight excluding hydrogens is 232 g/mol. The summed E-state index contributed by atoms with van der Waals surface area (Å²) in [5.41, 5.74) is 0. The third kappa shape index (κ3) is 8.65. The molecule has 2 nitrogen and oxygen atoms in total. The quantitative estimate of drug-likeness (QED) is 0.565. The Morgan fingerprint density at radius 3 is 2.47 bits per heavy atom. The van der Waals surface area contributed by atoms with Crippen molar-refractivity contribution in [3.63, 3.8) is 0 Å². The standard InChI is InChI=1S/C17H36N2/c1-3-4-5-6-7-9-13-18-14-11-16-19-15-10-8-12-17(19)2/h17-18H,3-16H2,1-2H3. The van der Waals surface area contributed by atoms with E-state index in [1.54, 1.807) is 0 Å². The van der Waals surface area contributed by atoms with Crippen LogP contribution in [0.25, 0.3) is 0 Å². The summed E-state index contributed by atoms with van der Waals surface area (Å²) >= 11 is 0. The summed E-state index contributed by atoms with van der Waals surface area (Å²) < 4.78 is 0. The minimum atomic E-state index is 0.826. The van der Waals surface area contributed by atoms with Gasteiger partial charge in [0.05, 0.1) is 0 Å². The van der Waals surface area contributed by atoms with Crippen molar-refractivity contribution >= 4 is 0 Å². The lowest BCUT2D eigenvalue weighted by molar-refractivity contribution is 0.159. The van der Waals surface area contributed by atoms with Crippen molar-refractivity contribution < 1.29 is 0 Å². The van der Waals surface area contributed by atoms with Gasteiger partial charge in [-0.2, -0.15) is 0 Å². The van der Waals surface area contributed by atoms with Crippen molar-refractivity contribution in [2.24, 2.45) is 0 Å². The van der Waals surface area contributed by atoms with Crippen LogP contribution in [0.2, 0.25) is 0 Å². The Labute approximate surface area is 121 Å². The Morgan fingerprint density at radius 1 is 0.947 bits per heavy atom. The second-order valence-corrected chi connectivity index (χ2v) is 6.25. The van der Waals surface area contributed by atoms with Crippen LogP contribution >= 0.6 is 0 Å². The maximum absolute atomic E-state index is 3.60. The molecule has 1 fully saturated rings. The molecular formula is C17H36N2. The first-order chi connectivity index (χ1) is 9.34. The molecule has 1 aliphatic rings. The molecule has 1 atom stereocenters. The number of nitrogens with one attached hydrogen (secondary N) is 1. The molecule has 0 saturated carbocycles. The fourth-order valence-electron chi connectivity index (χ4n) is 3.05. The Kier molecular flexibility index (Phi) is 10.5. The summed E-state index contributed by atoms with van der Waals surface area (Å²) in [5.74, 6) is 0. The Morgan fingerprint density at radius 2 is 1.68 bits per heavy atom. The maximum atomic E-state index is 3.60. The molecule has 1 saturated heterocycles. The van der Waals surface area contributed by atoms with E-state index in [4.69, 9.17) is 0 Å². The fourth-order valence-corrected chi connectivity index (χ4v) is 3.05. The average Bonchev–Trinajstić information content (AvgIpc) is 2.43. The van der Waals surface area contributed by atoms with Crippen LogP contribution < -0.4 is 5.32 Å². The summed E-state index contributed by atoms with van der Waals surface area (Å²) in [5, 5.41) is 3.60. The summed E-state index contributed by atoms with van der Waals surface area (Å²) in [6, 6.07) is 0.826. The number of piperidine rings is 1. The van der Waals surface area contributed by atoms with E-state index >= 15 is 0 Å². The summed E-state index contributed by atoms with van der Waals surface area (Å²) in [7, 11) is 0. The minimum Gasteiger partial charge on any atom is -0.317 e. The van der Waals surface area contributed by atoms with E-state index in [0.29, 0.717) is 0 Å². The third-order valence-corrected chi connectivity index (χ3v) is 4.45. The van der Waals surface area contributed by atoms with E-state index in [0.717, 1.165) is 6.04 Å². The van der Waals surface area contributed by atoms with E-state index in [1.807, 2.05) is 0 Å². The lowest BCUT2D eigenvalue weighted by Crippen LogP contribution is -2.38. The van der Waals surface area contributed by atoms with Crippen LogP contribution in [0.3, 0.4) is 0 Å². The molecule has 0 amide bonds. The van der Waals surface area contributed by atoms with Gasteiger partial charge in [-0.3, -0.25) is 0 Å². The first-order valence-corrected chi connectivity index (χ1v) is 8.79. The SMILES string of the molecule is CCCCCCCCNCCCN1CCCCC1C. The van der Waals surface area contributed by atoms with Crippen LogP contribution in [0.1, 0.15) is 78.1 Å². The summed E-state index contributed by atoms with van der Waals surface area (Å²) in [4.78, 5) is 2.68. The number of nitrogens with zero attached hydrogens (tertiary/aromatic N) is 1. The lowest BCUT2D eigenvalue weighted by atomic mass is 10.0. The van der Waals surface area contributed by atoms with Gasteiger partial charge in [-0.05, 0) is 58.8 Å². The molecule has 0 aromatic rings. The fraction of sp³-hybridized carbons (Fsp3) is 1.00. The van der Waals surface area contributed by atoms with Gasteiger partial charge in [-0.1, -0.05) is 45.4 Å². The first-order valence-electron chi connectivity index (χ1n) is 8.79. The zero-order valence-electron chi connectivity index (χ0n) is 13.4. The molecule has 1 N–H and O–H groups in total. The molecule has 2 heteroatoms. The van der Waals surface area contributed by atoms with Crippen molar-refractivity contribution in [2.45, 2.75) is 84.1 Å². The zero-order valence-corrected chi connectivity index (χ0v) is 13.4. The molecule has 1 rings (SSSR count). The van der Waals surface area contributed by atoms with Crippen LogP contribution in [0.15, 0.2) is 0 Å². The predicted molar refractivity (Wildman–Crippen MR) is 85.7 cm³/mol. The highest BCUT2D eigenvalue weighted by atomic mass is 15.2. The highest BCUT2D eigenvalue weighted by Crippen LogP contribution is 2.16. The molecule has 114 valence electrons. The number of unbranched alkanes of at least 4 members (excludes halogenated alkanes) is 5. The van der Waals surface area contributed by atoms with Crippen molar-refractivity contribution in [3.8, 4) is 0 Å². The second kappa shape index (κ2) is 11.7. The summed E-state index contributed by atoms with van der Waals surface area (Å²) in [6.07, 6.45) is 14.0. The molecule has 1 aliphatic heterocycles. The average molecular weight is 268 g/mol. The number of likely N-dealkylation sites (tertiary alicyclic amines) is 1. The van der Waals surface area contributed by atoms with Crippen molar-refractivity contribution in [3.05, 3.63) is 0 Å². The van der Waals surface area contributed by atoms with E-state index < -0.39 is 0 Å². The number of hydrogen-bond acceptors (Lipinski definition) is 2. The Hall–Kier alpha value is -0.0800. The molecule has 0 bridgehead atoms. The van der Waals surface area contributed by atoms with Gasteiger partial charge in [0.25, 0.3) is 0 Å². The van der Waals surface area contributed by atoms with Gasteiger partial charge >= 0.3 is 0 Å². The normalized spacial score (nSPS) is 20.8. The zero-order chi connectivity index (χ0) is 13.8. The van der Waals surface area contributed by atoms with Crippen LogP contribution in [0.4, 0.5) is 0 Å². The molecule has 1 unspecified atom stereocenters. The van der Waals surface area contributed by atoms with Gasteiger partial charge in [-0.15, -0.1) is 0 Å². The van der Waals surface area contributed by atoms with Crippen molar-refractivity contribution in [2.75, 3.05) is 26.2 Å². The molecule has 0 aromatic carbocycles.